The van der Waals surface area contributed by atoms with Crippen molar-refractivity contribution >= 4 is 65.4 Å². The summed E-state index contributed by atoms with van der Waals surface area (Å²) in [5, 5.41) is 0. The first-order valence-electron chi connectivity index (χ1n) is 4.45. The van der Waals surface area contributed by atoms with Crippen molar-refractivity contribution in [3.05, 3.63) is 25.6 Å². The molecule has 2 nitrogen and oxygen atoms in total. The van der Waals surface area contributed by atoms with Crippen molar-refractivity contribution in [1.29, 1.82) is 0 Å². The van der Waals surface area contributed by atoms with E-state index in [-0.39, 0.29) is 5.97 Å². The molecule has 0 bridgehead atoms. The Morgan fingerprint density at radius 2 is 1.81 bits per heavy atom. The summed E-state index contributed by atoms with van der Waals surface area (Å²) in [6.07, 6.45) is 0.935. The molecule has 0 spiro atoms. The second-order valence-corrected chi connectivity index (χ2v) is 5.97. The van der Waals surface area contributed by atoms with Gasteiger partial charge in [0, 0.05) is 16.8 Å². The minimum absolute atomic E-state index is 0.288. The van der Waals surface area contributed by atoms with Crippen molar-refractivity contribution in [2.45, 2.75) is 12.8 Å². The quantitative estimate of drug-likeness (QED) is 0.382. The average molecular weight is 435 g/mol. The van der Waals surface area contributed by atoms with Crippen LogP contribution in [0.3, 0.4) is 0 Å². The van der Waals surface area contributed by atoms with Gasteiger partial charge in [0.25, 0.3) is 0 Å². The van der Waals surface area contributed by atoms with Crippen LogP contribution in [0.2, 0.25) is 0 Å². The van der Waals surface area contributed by atoms with Crippen LogP contribution in [0, 0.1) is 0 Å². The van der Waals surface area contributed by atoms with Gasteiger partial charge in [0.15, 0.2) is 5.75 Å². The largest absolute Gasteiger partial charge is 0.424 e. The number of halogens is 4. The van der Waals surface area contributed by atoms with Crippen molar-refractivity contribution in [3.8, 4) is 5.75 Å². The SMILES string of the molecule is O=C(CCCCl)Oc1c(Br)cc(Br)cc1Br. The monoisotopic (exact) mass is 432 g/mol. The Labute approximate surface area is 124 Å². The normalized spacial score (nSPS) is 10.2. The summed E-state index contributed by atoms with van der Waals surface area (Å²) in [5.74, 6) is 0.657. The molecule has 0 aliphatic heterocycles. The Kier molecular flexibility index (Phi) is 6.32. The maximum atomic E-state index is 11.4. The highest BCUT2D eigenvalue weighted by Crippen LogP contribution is 2.36. The molecule has 0 aromatic heterocycles. The molecule has 1 rings (SSSR count). The molecule has 0 atom stereocenters. The molecule has 88 valence electrons. The Morgan fingerprint density at radius 1 is 1.25 bits per heavy atom. The minimum Gasteiger partial charge on any atom is -0.424 e. The van der Waals surface area contributed by atoms with Crippen LogP contribution in [0.25, 0.3) is 0 Å². The standard InChI is InChI=1S/C10H8Br3ClO2/c11-6-4-7(12)10(8(13)5-6)16-9(15)2-1-3-14/h4-5H,1-3H2. The van der Waals surface area contributed by atoms with Gasteiger partial charge < -0.3 is 4.74 Å². The number of carbonyl (C=O) groups is 1. The van der Waals surface area contributed by atoms with E-state index in [1.165, 1.54) is 0 Å². The Balaban J connectivity index is 2.77. The van der Waals surface area contributed by atoms with Gasteiger partial charge in [0.05, 0.1) is 8.95 Å². The molecule has 0 fully saturated rings. The fraction of sp³-hybridized carbons (Fsp3) is 0.300. The van der Waals surface area contributed by atoms with Crippen LogP contribution in [0.1, 0.15) is 12.8 Å². The van der Waals surface area contributed by atoms with Gasteiger partial charge in [-0.1, -0.05) is 15.9 Å². The number of esters is 1. The molecule has 1 aromatic rings. The van der Waals surface area contributed by atoms with Crippen LogP contribution < -0.4 is 4.74 Å². The van der Waals surface area contributed by atoms with Gasteiger partial charge in [0.1, 0.15) is 0 Å². The first-order chi connectivity index (χ1) is 7.54. The molecule has 0 unspecified atom stereocenters. The van der Waals surface area contributed by atoms with E-state index in [1.807, 2.05) is 12.1 Å². The number of carbonyl (C=O) groups excluding carboxylic acids is 1. The molecule has 0 N–H and O–H groups in total. The molecular formula is C10H8Br3ClO2. The fourth-order valence-electron chi connectivity index (χ4n) is 1.00. The van der Waals surface area contributed by atoms with Crippen LogP contribution >= 0.6 is 59.4 Å². The Morgan fingerprint density at radius 3 is 2.31 bits per heavy atom. The molecule has 16 heavy (non-hydrogen) atoms. The van der Waals surface area contributed by atoms with Crippen LogP contribution in [0.5, 0.6) is 5.75 Å². The van der Waals surface area contributed by atoms with Crippen molar-refractivity contribution in [1.82, 2.24) is 0 Å². The zero-order valence-electron chi connectivity index (χ0n) is 8.10. The van der Waals surface area contributed by atoms with Crippen molar-refractivity contribution in [2.24, 2.45) is 0 Å². The first-order valence-corrected chi connectivity index (χ1v) is 7.37. The minimum atomic E-state index is -0.288. The highest BCUT2D eigenvalue weighted by molar-refractivity contribution is 9.11. The third-order valence-electron chi connectivity index (χ3n) is 1.69. The first kappa shape index (κ1) is 14.5. The number of rotatable bonds is 4. The van der Waals surface area contributed by atoms with Gasteiger partial charge in [-0.25, -0.2) is 0 Å². The van der Waals surface area contributed by atoms with Crippen LogP contribution in [-0.4, -0.2) is 11.8 Å². The fourth-order valence-corrected chi connectivity index (χ4v) is 3.56. The second kappa shape index (κ2) is 6.99. The van der Waals surface area contributed by atoms with E-state index in [1.54, 1.807) is 0 Å². The molecule has 0 saturated carbocycles. The van der Waals surface area contributed by atoms with Crippen molar-refractivity contribution in [3.63, 3.8) is 0 Å². The molecule has 0 saturated heterocycles. The molecule has 0 heterocycles. The number of hydrogen-bond donors (Lipinski definition) is 0. The predicted molar refractivity (Wildman–Crippen MR) is 75.1 cm³/mol. The lowest BCUT2D eigenvalue weighted by atomic mass is 10.3. The van der Waals surface area contributed by atoms with Gasteiger partial charge in [-0.15, -0.1) is 11.6 Å². The summed E-state index contributed by atoms with van der Waals surface area (Å²) >= 11 is 15.5. The molecule has 0 aliphatic rings. The van der Waals surface area contributed by atoms with Gasteiger partial charge in [-0.2, -0.15) is 0 Å². The summed E-state index contributed by atoms with van der Waals surface area (Å²) in [4.78, 5) is 11.4. The summed E-state index contributed by atoms with van der Waals surface area (Å²) in [7, 11) is 0. The third kappa shape index (κ3) is 4.35. The highest BCUT2D eigenvalue weighted by Gasteiger charge is 2.12. The number of alkyl halides is 1. The van der Waals surface area contributed by atoms with Gasteiger partial charge in [-0.3, -0.25) is 4.79 Å². The Hall–Kier alpha value is 0.420. The number of ether oxygens (including phenoxy) is 1. The molecular weight excluding hydrogens is 427 g/mol. The van der Waals surface area contributed by atoms with Crippen LogP contribution in [0.4, 0.5) is 0 Å². The summed E-state index contributed by atoms with van der Waals surface area (Å²) in [5.41, 5.74) is 0. The zero-order chi connectivity index (χ0) is 12.1. The summed E-state index contributed by atoms with van der Waals surface area (Å²) < 4.78 is 7.55. The summed E-state index contributed by atoms with van der Waals surface area (Å²) in [6.45, 7) is 0. The van der Waals surface area contributed by atoms with Crippen LogP contribution in [0.15, 0.2) is 25.6 Å². The van der Waals surface area contributed by atoms with Gasteiger partial charge in [-0.05, 0) is 50.4 Å². The van der Waals surface area contributed by atoms with Crippen molar-refractivity contribution in [2.75, 3.05) is 5.88 Å². The van der Waals surface area contributed by atoms with Crippen LogP contribution in [-0.2, 0) is 4.79 Å². The maximum Gasteiger partial charge on any atom is 0.311 e. The molecule has 1 aromatic carbocycles. The highest BCUT2D eigenvalue weighted by atomic mass is 79.9. The lowest BCUT2D eigenvalue weighted by Gasteiger charge is -2.08. The number of hydrogen-bond acceptors (Lipinski definition) is 2. The second-order valence-electron chi connectivity index (χ2n) is 2.97. The Bertz CT molecular complexity index is 373. The number of benzene rings is 1. The zero-order valence-corrected chi connectivity index (χ0v) is 13.6. The van der Waals surface area contributed by atoms with E-state index >= 15 is 0 Å². The lowest BCUT2D eigenvalue weighted by molar-refractivity contribution is -0.134. The molecule has 6 heteroatoms. The average Bonchev–Trinajstić information content (AvgIpc) is 2.20. The van der Waals surface area contributed by atoms with Gasteiger partial charge >= 0.3 is 5.97 Å². The van der Waals surface area contributed by atoms with E-state index in [4.69, 9.17) is 16.3 Å². The molecule has 0 aliphatic carbocycles. The topological polar surface area (TPSA) is 26.3 Å². The van der Waals surface area contributed by atoms with E-state index in [0.29, 0.717) is 33.4 Å². The van der Waals surface area contributed by atoms with E-state index < -0.39 is 0 Å². The third-order valence-corrected chi connectivity index (χ3v) is 3.60. The maximum absolute atomic E-state index is 11.4. The van der Waals surface area contributed by atoms with Gasteiger partial charge in [0.2, 0.25) is 0 Å². The molecule has 0 radical (unpaired) electrons. The predicted octanol–water partition coefficient (Wildman–Crippen LogP) is 4.90. The smallest absolute Gasteiger partial charge is 0.311 e. The van der Waals surface area contributed by atoms with E-state index in [9.17, 15) is 4.79 Å². The lowest BCUT2D eigenvalue weighted by Crippen LogP contribution is -2.08. The van der Waals surface area contributed by atoms with Crippen molar-refractivity contribution < 1.29 is 9.53 Å². The van der Waals surface area contributed by atoms with E-state index in [0.717, 1.165) is 4.47 Å². The molecule has 0 amide bonds. The summed E-state index contributed by atoms with van der Waals surface area (Å²) in [6, 6.07) is 3.63. The van der Waals surface area contributed by atoms with E-state index in [2.05, 4.69) is 47.8 Å².